The number of nitrogens with one attached hydrogen (secondary N) is 1. The summed E-state index contributed by atoms with van der Waals surface area (Å²) in [5, 5.41) is 3.27. The largest absolute Gasteiger partial charge is 0.469 e. The van der Waals surface area contributed by atoms with Gasteiger partial charge in [0, 0.05) is 24.9 Å². The molecule has 1 aliphatic heterocycles. The molecule has 17 heavy (non-hydrogen) atoms. The summed E-state index contributed by atoms with van der Waals surface area (Å²) >= 11 is 0. The van der Waals surface area contributed by atoms with Crippen molar-refractivity contribution in [1.29, 1.82) is 0 Å². The number of furan rings is 1. The van der Waals surface area contributed by atoms with Gasteiger partial charge in [0.15, 0.2) is 0 Å². The highest BCUT2D eigenvalue weighted by molar-refractivity contribution is 5.74. The average molecular weight is 237 g/mol. The Morgan fingerprint density at radius 2 is 2.53 bits per heavy atom. The lowest BCUT2D eigenvalue weighted by Gasteiger charge is -2.28. The summed E-state index contributed by atoms with van der Waals surface area (Å²) in [6.07, 6.45) is 2.43. The standard InChI is InChI=1S/C13H19NO3/c1-3-16-12(15)11-8-14-9-13(11,2)7-10-5-4-6-17-10/h4-6,11,14H,3,7-9H2,1-2H3. The van der Waals surface area contributed by atoms with Gasteiger partial charge in [-0.25, -0.2) is 0 Å². The molecule has 0 spiro atoms. The third kappa shape index (κ3) is 2.52. The van der Waals surface area contributed by atoms with Gasteiger partial charge in [0.25, 0.3) is 0 Å². The molecule has 2 atom stereocenters. The molecular formula is C13H19NO3. The number of carbonyl (C=O) groups excluding carboxylic acids is 1. The lowest BCUT2D eigenvalue weighted by Crippen LogP contribution is -2.35. The predicted octanol–water partition coefficient (Wildman–Crippen LogP) is 1.61. The van der Waals surface area contributed by atoms with Crippen molar-refractivity contribution in [1.82, 2.24) is 5.32 Å². The zero-order valence-electron chi connectivity index (χ0n) is 10.4. The zero-order valence-corrected chi connectivity index (χ0v) is 10.4. The molecule has 1 saturated heterocycles. The SMILES string of the molecule is CCOC(=O)C1CNCC1(C)Cc1ccco1. The van der Waals surface area contributed by atoms with Crippen LogP contribution < -0.4 is 5.32 Å². The fraction of sp³-hybridized carbons (Fsp3) is 0.615. The molecule has 0 bridgehead atoms. The summed E-state index contributed by atoms with van der Waals surface area (Å²) < 4.78 is 10.5. The predicted molar refractivity (Wildman–Crippen MR) is 63.5 cm³/mol. The highest BCUT2D eigenvalue weighted by Crippen LogP contribution is 2.35. The highest BCUT2D eigenvalue weighted by atomic mass is 16.5. The molecule has 0 saturated carbocycles. The maximum absolute atomic E-state index is 11.9. The van der Waals surface area contributed by atoms with Crippen molar-refractivity contribution in [3.63, 3.8) is 0 Å². The monoisotopic (exact) mass is 237 g/mol. The van der Waals surface area contributed by atoms with Gasteiger partial charge >= 0.3 is 5.97 Å². The Balaban J connectivity index is 2.09. The van der Waals surface area contributed by atoms with Crippen LogP contribution >= 0.6 is 0 Å². The Kier molecular flexibility index (Phi) is 3.52. The van der Waals surface area contributed by atoms with Crippen molar-refractivity contribution in [3.8, 4) is 0 Å². The minimum atomic E-state index is -0.121. The lowest BCUT2D eigenvalue weighted by molar-refractivity contribution is -0.150. The summed E-state index contributed by atoms with van der Waals surface area (Å²) in [6, 6.07) is 3.83. The molecular weight excluding hydrogens is 218 g/mol. The van der Waals surface area contributed by atoms with E-state index in [-0.39, 0.29) is 17.3 Å². The van der Waals surface area contributed by atoms with Gasteiger partial charge in [-0.2, -0.15) is 0 Å². The molecule has 4 nitrogen and oxygen atoms in total. The van der Waals surface area contributed by atoms with Crippen LogP contribution in [-0.2, 0) is 16.0 Å². The molecule has 0 aliphatic carbocycles. The molecule has 0 aromatic carbocycles. The topological polar surface area (TPSA) is 51.5 Å². The van der Waals surface area contributed by atoms with E-state index in [1.165, 1.54) is 0 Å². The maximum atomic E-state index is 11.9. The molecule has 1 aromatic rings. The summed E-state index contributed by atoms with van der Waals surface area (Å²) in [7, 11) is 0. The average Bonchev–Trinajstić information content (AvgIpc) is 2.88. The summed E-state index contributed by atoms with van der Waals surface area (Å²) in [4.78, 5) is 11.9. The molecule has 2 unspecified atom stereocenters. The maximum Gasteiger partial charge on any atom is 0.310 e. The van der Waals surface area contributed by atoms with Gasteiger partial charge in [0.2, 0.25) is 0 Å². The first-order chi connectivity index (χ1) is 8.15. The summed E-state index contributed by atoms with van der Waals surface area (Å²) in [6.45, 7) is 5.89. The van der Waals surface area contributed by atoms with E-state index in [2.05, 4.69) is 12.2 Å². The number of ether oxygens (including phenoxy) is 1. The number of hydrogen-bond acceptors (Lipinski definition) is 4. The van der Waals surface area contributed by atoms with Crippen molar-refractivity contribution in [2.75, 3.05) is 19.7 Å². The molecule has 94 valence electrons. The van der Waals surface area contributed by atoms with Crippen molar-refractivity contribution >= 4 is 5.97 Å². The molecule has 4 heteroatoms. The van der Waals surface area contributed by atoms with Crippen molar-refractivity contribution in [3.05, 3.63) is 24.2 Å². The van der Waals surface area contributed by atoms with Crippen molar-refractivity contribution in [2.45, 2.75) is 20.3 Å². The second-order valence-electron chi connectivity index (χ2n) is 4.85. The Bertz CT molecular complexity index is 374. The fourth-order valence-corrected chi connectivity index (χ4v) is 2.48. The summed E-state index contributed by atoms with van der Waals surface area (Å²) in [5.41, 5.74) is -0.121. The van der Waals surface area contributed by atoms with Gasteiger partial charge in [-0.05, 0) is 19.1 Å². The third-order valence-electron chi connectivity index (χ3n) is 3.45. The number of hydrogen-bond donors (Lipinski definition) is 1. The van der Waals surface area contributed by atoms with Crippen LogP contribution in [0.4, 0.5) is 0 Å². The third-order valence-corrected chi connectivity index (χ3v) is 3.45. The molecule has 1 fully saturated rings. The van der Waals surface area contributed by atoms with Gasteiger partial charge in [-0.1, -0.05) is 6.92 Å². The first-order valence-corrected chi connectivity index (χ1v) is 6.05. The van der Waals surface area contributed by atoms with E-state index in [9.17, 15) is 4.79 Å². The van der Waals surface area contributed by atoms with Crippen LogP contribution in [0.3, 0.4) is 0 Å². The van der Waals surface area contributed by atoms with Gasteiger partial charge in [-0.15, -0.1) is 0 Å². The van der Waals surface area contributed by atoms with E-state index in [4.69, 9.17) is 9.15 Å². The van der Waals surface area contributed by atoms with Crippen LogP contribution in [0.2, 0.25) is 0 Å². The highest BCUT2D eigenvalue weighted by Gasteiger charge is 2.44. The van der Waals surface area contributed by atoms with E-state index in [1.54, 1.807) is 6.26 Å². The zero-order chi connectivity index (χ0) is 12.3. The normalized spacial score (nSPS) is 28.2. The second kappa shape index (κ2) is 4.92. The van der Waals surface area contributed by atoms with Crippen LogP contribution in [0.15, 0.2) is 22.8 Å². The minimum absolute atomic E-state index is 0.0902. The first-order valence-electron chi connectivity index (χ1n) is 6.05. The Hall–Kier alpha value is -1.29. The molecule has 0 radical (unpaired) electrons. The second-order valence-corrected chi connectivity index (χ2v) is 4.85. The van der Waals surface area contributed by atoms with Crippen LogP contribution in [0, 0.1) is 11.3 Å². The van der Waals surface area contributed by atoms with Crippen LogP contribution in [0.5, 0.6) is 0 Å². The smallest absolute Gasteiger partial charge is 0.310 e. The van der Waals surface area contributed by atoms with Gasteiger partial charge in [-0.3, -0.25) is 4.79 Å². The molecule has 0 amide bonds. The van der Waals surface area contributed by atoms with Crippen LogP contribution in [-0.4, -0.2) is 25.7 Å². The van der Waals surface area contributed by atoms with Gasteiger partial charge < -0.3 is 14.5 Å². The van der Waals surface area contributed by atoms with E-state index in [1.807, 2.05) is 19.1 Å². The number of rotatable bonds is 4. The summed E-state index contributed by atoms with van der Waals surface area (Å²) in [5.74, 6) is 0.726. The van der Waals surface area contributed by atoms with E-state index >= 15 is 0 Å². The first kappa shape index (κ1) is 12.2. The van der Waals surface area contributed by atoms with E-state index < -0.39 is 0 Å². The van der Waals surface area contributed by atoms with Crippen LogP contribution in [0.1, 0.15) is 19.6 Å². The molecule has 1 aliphatic rings. The minimum Gasteiger partial charge on any atom is -0.469 e. The number of carbonyl (C=O) groups is 1. The molecule has 2 heterocycles. The lowest BCUT2D eigenvalue weighted by atomic mass is 9.76. The van der Waals surface area contributed by atoms with E-state index in [0.717, 1.165) is 18.7 Å². The Labute approximate surface area is 101 Å². The Morgan fingerprint density at radius 1 is 1.71 bits per heavy atom. The number of esters is 1. The molecule has 1 N–H and O–H groups in total. The van der Waals surface area contributed by atoms with Gasteiger partial charge in [0.1, 0.15) is 5.76 Å². The van der Waals surface area contributed by atoms with Gasteiger partial charge in [0.05, 0.1) is 18.8 Å². The Morgan fingerprint density at radius 3 is 3.18 bits per heavy atom. The quantitative estimate of drug-likeness (QED) is 0.808. The van der Waals surface area contributed by atoms with E-state index in [0.29, 0.717) is 13.2 Å². The van der Waals surface area contributed by atoms with Crippen molar-refractivity contribution in [2.24, 2.45) is 11.3 Å². The fourth-order valence-electron chi connectivity index (χ4n) is 2.48. The van der Waals surface area contributed by atoms with Crippen molar-refractivity contribution < 1.29 is 13.9 Å². The molecule has 2 rings (SSSR count). The van der Waals surface area contributed by atoms with Crippen LogP contribution in [0.25, 0.3) is 0 Å². The molecule has 1 aromatic heterocycles.